The summed E-state index contributed by atoms with van der Waals surface area (Å²) >= 11 is 0. The monoisotopic (exact) mass is 406 g/mol. The molecule has 0 aliphatic carbocycles. The van der Waals surface area contributed by atoms with Crippen LogP contribution >= 0.6 is 0 Å². The molecule has 28 heavy (non-hydrogen) atoms. The highest BCUT2D eigenvalue weighted by Gasteiger charge is 2.16. The van der Waals surface area contributed by atoms with Crippen molar-refractivity contribution in [3.63, 3.8) is 0 Å². The number of amides is 1. The molecule has 2 aromatic rings. The predicted octanol–water partition coefficient (Wildman–Crippen LogP) is 1.72. The van der Waals surface area contributed by atoms with Crippen molar-refractivity contribution >= 4 is 27.6 Å². The Morgan fingerprint density at radius 1 is 1.07 bits per heavy atom. The van der Waals surface area contributed by atoms with Gasteiger partial charge in [0, 0.05) is 0 Å². The van der Waals surface area contributed by atoms with Crippen molar-refractivity contribution in [1.29, 1.82) is 0 Å². The number of ether oxygens (including phenoxy) is 2. The van der Waals surface area contributed by atoms with Crippen molar-refractivity contribution in [2.24, 2.45) is 0 Å². The van der Waals surface area contributed by atoms with E-state index in [0.29, 0.717) is 5.75 Å². The number of aryl methyl sites for hydroxylation is 1. The fourth-order valence-electron chi connectivity index (χ4n) is 2.27. The van der Waals surface area contributed by atoms with Crippen LogP contribution in [0.5, 0.6) is 5.75 Å². The normalized spacial score (nSPS) is 10.8. The Labute approximate surface area is 163 Å². The van der Waals surface area contributed by atoms with Gasteiger partial charge in [-0.05, 0) is 36.8 Å². The van der Waals surface area contributed by atoms with E-state index in [-0.39, 0.29) is 24.4 Å². The third-order valence-corrected chi connectivity index (χ3v) is 4.05. The fraction of sp³-hybridized carbons (Fsp3) is 0.263. The number of sulfonamides is 1. The molecule has 0 aromatic heterocycles. The number of benzene rings is 2. The van der Waals surface area contributed by atoms with Crippen LogP contribution in [0.1, 0.15) is 15.9 Å². The topological polar surface area (TPSA) is 111 Å². The second kappa shape index (κ2) is 9.75. The minimum atomic E-state index is -3.56. The number of esters is 1. The van der Waals surface area contributed by atoms with Crippen molar-refractivity contribution in [3.05, 3.63) is 59.7 Å². The van der Waals surface area contributed by atoms with Crippen LogP contribution in [0.4, 0.5) is 5.69 Å². The number of rotatable bonds is 9. The minimum Gasteiger partial charge on any atom is -0.492 e. The summed E-state index contributed by atoms with van der Waals surface area (Å²) in [5, 5.41) is 2.57. The third-order valence-electron chi connectivity index (χ3n) is 3.46. The molecule has 0 aliphatic heterocycles. The Morgan fingerprint density at radius 2 is 1.82 bits per heavy atom. The van der Waals surface area contributed by atoms with E-state index in [9.17, 15) is 18.0 Å². The van der Waals surface area contributed by atoms with Crippen LogP contribution in [-0.4, -0.2) is 46.3 Å². The Kier molecular flexibility index (Phi) is 7.39. The molecule has 9 heteroatoms. The molecule has 0 aliphatic rings. The van der Waals surface area contributed by atoms with Gasteiger partial charge in [0.25, 0.3) is 5.91 Å². The standard InChI is InChI=1S/C19H22N2O6S/c1-14-6-5-7-15(12-14)26-11-10-20-18(22)13-27-19(23)16-8-3-4-9-17(16)21-28(2,24)25/h3-9,12,21H,10-11,13H2,1-2H3,(H,20,22). The molecular weight excluding hydrogens is 384 g/mol. The fourth-order valence-corrected chi connectivity index (χ4v) is 2.85. The van der Waals surface area contributed by atoms with E-state index in [2.05, 4.69) is 10.0 Å². The van der Waals surface area contributed by atoms with Crippen LogP contribution in [0.25, 0.3) is 0 Å². The van der Waals surface area contributed by atoms with Crippen LogP contribution in [0.3, 0.4) is 0 Å². The largest absolute Gasteiger partial charge is 0.492 e. The molecule has 0 radical (unpaired) electrons. The molecule has 2 aromatic carbocycles. The molecule has 2 N–H and O–H groups in total. The Hall–Kier alpha value is -3.07. The Bertz CT molecular complexity index is 943. The number of carbonyl (C=O) groups is 2. The molecule has 2 rings (SSSR count). The van der Waals surface area contributed by atoms with Gasteiger partial charge in [0.15, 0.2) is 6.61 Å². The molecular formula is C19H22N2O6S. The molecule has 0 unspecified atom stereocenters. The van der Waals surface area contributed by atoms with Crippen LogP contribution in [0.2, 0.25) is 0 Å². The summed E-state index contributed by atoms with van der Waals surface area (Å²) in [6.45, 7) is 1.98. The zero-order chi connectivity index (χ0) is 20.6. The van der Waals surface area contributed by atoms with E-state index < -0.39 is 28.5 Å². The summed E-state index contributed by atoms with van der Waals surface area (Å²) in [4.78, 5) is 23.9. The van der Waals surface area contributed by atoms with E-state index in [0.717, 1.165) is 11.8 Å². The van der Waals surface area contributed by atoms with Crippen molar-refractivity contribution < 1.29 is 27.5 Å². The highest BCUT2D eigenvalue weighted by Crippen LogP contribution is 2.17. The maximum atomic E-state index is 12.1. The van der Waals surface area contributed by atoms with Crippen molar-refractivity contribution in [2.75, 3.05) is 30.7 Å². The van der Waals surface area contributed by atoms with Gasteiger partial charge in [0.2, 0.25) is 10.0 Å². The maximum Gasteiger partial charge on any atom is 0.340 e. The first-order valence-corrected chi connectivity index (χ1v) is 10.3. The second-order valence-electron chi connectivity index (χ2n) is 6.01. The van der Waals surface area contributed by atoms with Crippen LogP contribution in [0.15, 0.2) is 48.5 Å². The Morgan fingerprint density at radius 3 is 2.54 bits per heavy atom. The number of anilines is 1. The summed E-state index contributed by atoms with van der Waals surface area (Å²) in [6.07, 6.45) is 0.974. The summed E-state index contributed by atoms with van der Waals surface area (Å²) in [6, 6.07) is 13.5. The van der Waals surface area contributed by atoms with Gasteiger partial charge in [0.1, 0.15) is 12.4 Å². The SMILES string of the molecule is Cc1cccc(OCCNC(=O)COC(=O)c2ccccc2NS(C)(=O)=O)c1. The van der Waals surface area contributed by atoms with Gasteiger partial charge in [-0.3, -0.25) is 9.52 Å². The summed E-state index contributed by atoms with van der Waals surface area (Å²) in [5.74, 6) is -0.594. The highest BCUT2D eigenvalue weighted by molar-refractivity contribution is 7.92. The molecule has 0 spiro atoms. The maximum absolute atomic E-state index is 12.1. The smallest absolute Gasteiger partial charge is 0.340 e. The first-order chi connectivity index (χ1) is 13.2. The van der Waals surface area contributed by atoms with Crippen LogP contribution in [0, 0.1) is 6.92 Å². The van der Waals surface area contributed by atoms with Crippen LogP contribution in [-0.2, 0) is 19.6 Å². The molecule has 0 atom stereocenters. The van der Waals surface area contributed by atoms with E-state index in [4.69, 9.17) is 9.47 Å². The van der Waals surface area contributed by atoms with E-state index >= 15 is 0 Å². The number of hydrogen-bond acceptors (Lipinski definition) is 6. The second-order valence-corrected chi connectivity index (χ2v) is 7.76. The lowest BCUT2D eigenvalue weighted by atomic mass is 10.2. The zero-order valence-corrected chi connectivity index (χ0v) is 16.4. The van der Waals surface area contributed by atoms with E-state index in [1.165, 1.54) is 12.1 Å². The summed E-state index contributed by atoms with van der Waals surface area (Å²) < 4.78 is 35.4. The lowest BCUT2D eigenvalue weighted by Crippen LogP contribution is -2.32. The molecule has 8 nitrogen and oxygen atoms in total. The first kappa shape index (κ1) is 21.2. The quantitative estimate of drug-likeness (QED) is 0.485. The number of carbonyl (C=O) groups excluding carboxylic acids is 2. The highest BCUT2D eigenvalue weighted by atomic mass is 32.2. The minimum absolute atomic E-state index is 0.0171. The molecule has 0 saturated carbocycles. The van der Waals surface area contributed by atoms with Gasteiger partial charge in [-0.15, -0.1) is 0 Å². The van der Waals surface area contributed by atoms with Gasteiger partial charge in [-0.1, -0.05) is 24.3 Å². The average Bonchev–Trinajstić information content (AvgIpc) is 2.62. The van der Waals surface area contributed by atoms with Crippen LogP contribution < -0.4 is 14.8 Å². The number of hydrogen-bond donors (Lipinski definition) is 2. The summed E-state index contributed by atoms with van der Waals surface area (Å²) in [5.41, 5.74) is 1.17. The van der Waals surface area contributed by atoms with Gasteiger partial charge < -0.3 is 14.8 Å². The van der Waals surface area contributed by atoms with E-state index in [1.807, 2.05) is 31.2 Å². The molecule has 0 heterocycles. The molecule has 0 fully saturated rings. The molecule has 0 bridgehead atoms. The van der Waals surface area contributed by atoms with E-state index in [1.54, 1.807) is 12.1 Å². The zero-order valence-electron chi connectivity index (χ0n) is 15.6. The summed E-state index contributed by atoms with van der Waals surface area (Å²) in [7, 11) is -3.56. The van der Waals surface area contributed by atoms with Gasteiger partial charge >= 0.3 is 5.97 Å². The molecule has 0 saturated heterocycles. The lowest BCUT2D eigenvalue weighted by Gasteiger charge is -2.11. The number of nitrogens with one attached hydrogen (secondary N) is 2. The first-order valence-electron chi connectivity index (χ1n) is 8.45. The molecule has 1 amide bonds. The van der Waals surface area contributed by atoms with Crippen molar-refractivity contribution in [3.8, 4) is 5.75 Å². The van der Waals surface area contributed by atoms with Gasteiger partial charge in [-0.25, -0.2) is 13.2 Å². The predicted molar refractivity (Wildman–Crippen MR) is 105 cm³/mol. The van der Waals surface area contributed by atoms with Gasteiger partial charge in [0.05, 0.1) is 24.1 Å². The third kappa shape index (κ3) is 7.28. The lowest BCUT2D eigenvalue weighted by molar-refractivity contribution is -0.124. The average molecular weight is 406 g/mol. The van der Waals surface area contributed by atoms with Gasteiger partial charge in [-0.2, -0.15) is 0 Å². The molecule has 150 valence electrons. The number of para-hydroxylation sites is 1. The van der Waals surface area contributed by atoms with Crippen molar-refractivity contribution in [1.82, 2.24) is 5.32 Å². The van der Waals surface area contributed by atoms with Crippen molar-refractivity contribution in [2.45, 2.75) is 6.92 Å². The Balaban J connectivity index is 1.77.